The van der Waals surface area contributed by atoms with Crippen LogP contribution in [0, 0.1) is 11.3 Å². The van der Waals surface area contributed by atoms with Gasteiger partial charge >= 0.3 is 5.97 Å². The molecule has 0 unspecified atom stereocenters. The van der Waals surface area contributed by atoms with Gasteiger partial charge in [-0.15, -0.1) is 0 Å². The maximum absolute atomic E-state index is 13.0. The van der Waals surface area contributed by atoms with Crippen molar-refractivity contribution in [1.29, 1.82) is 5.26 Å². The van der Waals surface area contributed by atoms with Gasteiger partial charge in [0.05, 0.1) is 32.4 Å². The Morgan fingerprint density at radius 3 is 2.65 bits per heavy atom. The number of phenolic OH excluding ortho intramolecular Hbond substituents is 1. The van der Waals surface area contributed by atoms with E-state index >= 15 is 0 Å². The maximum Gasteiger partial charge on any atom is 0.338 e. The van der Waals surface area contributed by atoms with E-state index in [1.54, 1.807) is 24.3 Å². The second-order valence-corrected chi connectivity index (χ2v) is 9.58. The van der Waals surface area contributed by atoms with Crippen LogP contribution in [0.25, 0.3) is 11.1 Å². The third-order valence-electron chi connectivity index (χ3n) is 4.67. The minimum absolute atomic E-state index is 0.0103. The summed E-state index contributed by atoms with van der Waals surface area (Å²) in [5.41, 5.74) is 2.13. The van der Waals surface area contributed by atoms with E-state index < -0.39 is 26.6 Å². The average Bonchev–Trinajstić information content (AvgIpc) is 2.74. The molecule has 0 saturated carbocycles. The lowest BCUT2D eigenvalue weighted by Crippen LogP contribution is -2.15. The standard InChI is InChI=1S/C21H12BrClN2O5S/c22-16-6-14-8-19(20(16)26)31(28,29)25-18-7-12(3-4-17(18)23)15-5-11(9-24)1-2-13(15)10-30-21(14)27/h1-8,25-26H,10H2. The summed E-state index contributed by atoms with van der Waals surface area (Å²) in [6, 6.07) is 13.9. The SMILES string of the molecule is N#Cc1ccc2c(c1)-c1ccc(Cl)c(c1)NS(=O)(=O)c1cc(cc(Br)c1O)C(=O)OC2. The Kier molecular flexibility index (Phi) is 5.39. The number of halogens is 2. The Morgan fingerprint density at radius 1 is 1.13 bits per heavy atom. The van der Waals surface area contributed by atoms with Crippen LogP contribution in [0.2, 0.25) is 5.02 Å². The number of phenols is 1. The number of sulfonamides is 1. The van der Waals surface area contributed by atoms with Crippen LogP contribution in [0.5, 0.6) is 5.75 Å². The topological polar surface area (TPSA) is 116 Å². The zero-order valence-electron chi connectivity index (χ0n) is 15.5. The predicted molar refractivity (Wildman–Crippen MR) is 117 cm³/mol. The number of cyclic esters (lactones) is 1. The van der Waals surface area contributed by atoms with Gasteiger partial charge in [-0.05, 0) is 69.0 Å². The molecule has 0 fully saturated rings. The molecule has 0 atom stereocenters. The molecular formula is C21H12BrClN2O5S. The smallest absolute Gasteiger partial charge is 0.338 e. The van der Waals surface area contributed by atoms with Crippen molar-refractivity contribution in [2.45, 2.75) is 11.5 Å². The Hall–Kier alpha value is -3.06. The molecule has 4 bridgehead atoms. The Morgan fingerprint density at radius 2 is 1.90 bits per heavy atom. The molecule has 0 aliphatic carbocycles. The Labute approximate surface area is 191 Å². The first-order valence-electron chi connectivity index (χ1n) is 8.75. The van der Waals surface area contributed by atoms with Crippen molar-refractivity contribution in [3.63, 3.8) is 0 Å². The minimum atomic E-state index is -4.32. The fourth-order valence-corrected chi connectivity index (χ4v) is 5.16. The highest BCUT2D eigenvalue weighted by atomic mass is 79.9. The van der Waals surface area contributed by atoms with Crippen molar-refractivity contribution >= 4 is 49.2 Å². The normalized spacial score (nSPS) is 14.5. The van der Waals surface area contributed by atoms with E-state index in [4.69, 9.17) is 16.3 Å². The van der Waals surface area contributed by atoms with Crippen molar-refractivity contribution < 1.29 is 23.1 Å². The molecule has 3 aromatic rings. The van der Waals surface area contributed by atoms with Gasteiger partial charge in [0, 0.05) is 0 Å². The lowest BCUT2D eigenvalue weighted by molar-refractivity contribution is 0.0473. The van der Waals surface area contributed by atoms with Crippen LogP contribution < -0.4 is 4.72 Å². The van der Waals surface area contributed by atoms with Gasteiger partial charge in [0.1, 0.15) is 17.3 Å². The van der Waals surface area contributed by atoms with E-state index in [0.717, 1.165) is 6.07 Å². The number of nitriles is 1. The second kappa shape index (κ2) is 7.89. The molecule has 1 heterocycles. The van der Waals surface area contributed by atoms with E-state index in [9.17, 15) is 23.6 Å². The molecule has 0 amide bonds. The molecule has 7 nitrogen and oxygen atoms in total. The van der Waals surface area contributed by atoms with Crippen LogP contribution in [0.3, 0.4) is 0 Å². The molecule has 3 aromatic carbocycles. The summed E-state index contributed by atoms with van der Waals surface area (Å²) < 4.78 is 33.8. The summed E-state index contributed by atoms with van der Waals surface area (Å²) in [4.78, 5) is 12.1. The number of hydrogen-bond donors (Lipinski definition) is 2. The molecule has 4 rings (SSSR count). The molecule has 0 spiro atoms. The van der Waals surface area contributed by atoms with Crippen molar-refractivity contribution in [1.82, 2.24) is 0 Å². The number of carbonyl (C=O) groups excluding carboxylic acids is 1. The van der Waals surface area contributed by atoms with Crippen molar-refractivity contribution in [2.75, 3.05) is 4.72 Å². The third-order valence-corrected chi connectivity index (χ3v) is 6.99. The molecule has 0 saturated heterocycles. The van der Waals surface area contributed by atoms with Crippen LogP contribution in [0.1, 0.15) is 21.5 Å². The molecule has 0 radical (unpaired) electrons. The van der Waals surface area contributed by atoms with Crippen LogP contribution in [0.15, 0.2) is 57.9 Å². The van der Waals surface area contributed by atoms with Gasteiger partial charge in [0.2, 0.25) is 0 Å². The number of hydrogen-bond acceptors (Lipinski definition) is 6. The van der Waals surface area contributed by atoms with E-state index in [1.807, 2.05) is 0 Å². The number of ether oxygens (including phenoxy) is 1. The highest BCUT2D eigenvalue weighted by molar-refractivity contribution is 9.10. The minimum Gasteiger partial charge on any atom is -0.505 e. The molecule has 2 N–H and O–H groups in total. The molecule has 31 heavy (non-hydrogen) atoms. The van der Waals surface area contributed by atoms with Gasteiger partial charge in [0.25, 0.3) is 10.0 Å². The van der Waals surface area contributed by atoms with Gasteiger partial charge in [0.15, 0.2) is 0 Å². The first-order valence-corrected chi connectivity index (χ1v) is 11.4. The fourth-order valence-electron chi connectivity index (χ4n) is 3.13. The van der Waals surface area contributed by atoms with Crippen LogP contribution >= 0.6 is 27.5 Å². The van der Waals surface area contributed by atoms with Gasteiger partial charge in [-0.3, -0.25) is 4.72 Å². The summed E-state index contributed by atoms with van der Waals surface area (Å²) in [6.45, 7) is -0.119. The fraction of sp³-hybridized carbons (Fsp3) is 0.0476. The third kappa shape index (κ3) is 3.97. The Balaban J connectivity index is 2.00. The van der Waals surface area contributed by atoms with Crippen molar-refractivity contribution in [3.8, 4) is 22.9 Å². The quantitative estimate of drug-likeness (QED) is 0.411. The zero-order chi connectivity index (χ0) is 22.3. The van der Waals surface area contributed by atoms with Crippen LogP contribution in [0.4, 0.5) is 5.69 Å². The first-order chi connectivity index (χ1) is 14.7. The lowest BCUT2D eigenvalue weighted by atomic mass is 9.97. The molecule has 1 aliphatic rings. The summed E-state index contributed by atoms with van der Waals surface area (Å²) in [6.07, 6.45) is 0. The second-order valence-electron chi connectivity index (χ2n) is 6.66. The van der Waals surface area contributed by atoms with E-state index in [-0.39, 0.29) is 27.4 Å². The van der Waals surface area contributed by atoms with E-state index in [0.29, 0.717) is 22.3 Å². The number of rotatable bonds is 0. The van der Waals surface area contributed by atoms with Gasteiger partial charge in [-0.25, -0.2) is 13.2 Å². The highest BCUT2D eigenvalue weighted by Gasteiger charge is 2.26. The lowest BCUT2D eigenvalue weighted by Gasteiger charge is -2.14. The number of nitrogens with zero attached hydrogens (tertiary/aromatic N) is 1. The van der Waals surface area contributed by atoms with Gasteiger partial charge < -0.3 is 9.84 Å². The number of carbonyl (C=O) groups is 1. The molecule has 1 aliphatic heterocycles. The number of fused-ring (bicyclic) bond motifs is 6. The number of benzene rings is 3. The van der Waals surface area contributed by atoms with Crippen LogP contribution in [-0.4, -0.2) is 19.5 Å². The number of anilines is 1. The van der Waals surface area contributed by atoms with E-state index in [1.165, 1.54) is 18.2 Å². The zero-order valence-corrected chi connectivity index (χ0v) is 18.7. The summed E-state index contributed by atoms with van der Waals surface area (Å²) in [5.74, 6) is -1.34. The van der Waals surface area contributed by atoms with Crippen molar-refractivity contribution in [3.05, 3.63) is 74.7 Å². The van der Waals surface area contributed by atoms with Gasteiger partial charge in [-0.1, -0.05) is 23.7 Å². The highest BCUT2D eigenvalue weighted by Crippen LogP contribution is 2.37. The summed E-state index contributed by atoms with van der Waals surface area (Å²) in [5, 5.41) is 19.7. The summed E-state index contributed by atoms with van der Waals surface area (Å²) >= 11 is 9.29. The number of aromatic hydroxyl groups is 1. The maximum atomic E-state index is 13.0. The average molecular weight is 520 g/mol. The number of nitrogens with one attached hydrogen (secondary N) is 1. The molecule has 0 aromatic heterocycles. The number of esters is 1. The first kappa shape index (κ1) is 21.2. The predicted octanol–water partition coefficient (Wildman–Crippen LogP) is 4.82. The van der Waals surface area contributed by atoms with E-state index in [2.05, 4.69) is 26.7 Å². The molecular weight excluding hydrogens is 508 g/mol. The summed E-state index contributed by atoms with van der Waals surface area (Å²) in [7, 11) is -4.32. The monoisotopic (exact) mass is 518 g/mol. The molecule has 156 valence electrons. The van der Waals surface area contributed by atoms with Crippen molar-refractivity contribution in [2.24, 2.45) is 0 Å². The van der Waals surface area contributed by atoms with Crippen LogP contribution in [-0.2, 0) is 21.4 Å². The van der Waals surface area contributed by atoms with Gasteiger partial charge in [-0.2, -0.15) is 5.26 Å². The molecule has 10 heteroatoms. The largest absolute Gasteiger partial charge is 0.505 e. The Bertz CT molecular complexity index is 1400.